The first kappa shape index (κ1) is 23.6. The first-order chi connectivity index (χ1) is 28.7. The minimum Gasteiger partial charge on any atom is -0.0622 e. The summed E-state index contributed by atoms with van der Waals surface area (Å²) in [6.45, 7) is 0. The Morgan fingerprint density at radius 3 is 1.67 bits per heavy atom. The van der Waals surface area contributed by atoms with Gasteiger partial charge in [0.05, 0.1) is 9.60 Å². The Bertz CT molecular complexity index is 3330. The molecule has 0 saturated heterocycles. The zero-order chi connectivity index (χ0) is 40.5. The molecule has 10 aromatic rings. The third-order valence-corrected chi connectivity index (χ3v) is 10.1. The van der Waals surface area contributed by atoms with Gasteiger partial charge in [0.15, 0.2) is 0 Å². The highest BCUT2D eigenvalue weighted by atomic mass is 14.2. The molecule has 10 aromatic carbocycles. The van der Waals surface area contributed by atoms with Crippen molar-refractivity contribution in [3.05, 3.63) is 206 Å². The molecule has 0 heterocycles. The molecule has 52 heavy (non-hydrogen) atoms. The van der Waals surface area contributed by atoms with Crippen LogP contribution in [0.4, 0.5) is 0 Å². The smallest absolute Gasteiger partial charge is 0.0622 e. The van der Waals surface area contributed by atoms with Crippen molar-refractivity contribution in [3.63, 3.8) is 0 Å². The molecule has 0 bridgehead atoms. The highest BCUT2D eigenvalue weighted by Gasteiger charge is 2.19. The fourth-order valence-electron chi connectivity index (χ4n) is 7.55. The van der Waals surface area contributed by atoms with Crippen molar-refractivity contribution in [2.24, 2.45) is 0 Å². The van der Waals surface area contributed by atoms with Crippen molar-refractivity contribution in [1.82, 2.24) is 0 Å². The molecule has 10 rings (SSSR count). The second kappa shape index (κ2) is 12.5. The minimum absolute atomic E-state index is 0.0161. The van der Waals surface area contributed by atoms with Gasteiger partial charge >= 0.3 is 0 Å². The normalized spacial score (nSPS) is 13.3. The molecule has 0 unspecified atom stereocenters. The SMILES string of the molecule is [2H]c1c([2H])c([2H])c2c(-c3cccc4ccccc34)c3c([2H])c(-c4ccc5ccccc5c4)c([2H])c([2H])c3c(-c3cccc(-c4ccc(-c5ccccc5)cc4)c3)c2c1[2H]. The van der Waals surface area contributed by atoms with Crippen LogP contribution >= 0.6 is 0 Å². The molecule has 0 radical (unpaired) electrons. The lowest BCUT2D eigenvalue weighted by atomic mass is 9.83. The Hall–Kier alpha value is -6.76. The molecule has 0 nitrogen and oxygen atoms in total. The summed E-state index contributed by atoms with van der Waals surface area (Å²) in [7, 11) is 0. The molecule has 0 fully saturated rings. The van der Waals surface area contributed by atoms with Crippen LogP contribution in [-0.2, 0) is 0 Å². The van der Waals surface area contributed by atoms with E-state index in [1.807, 2.05) is 127 Å². The van der Waals surface area contributed by atoms with Gasteiger partial charge < -0.3 is 0 Å². The number of hydrogen-bond acceptors (Lipinski definition) is 0. The van der Waals surface area contributed by atoms with Gasteiger partial charge in [0.1, 0.15) is 0 Å². The van der Waals surface area contributed by atoms with Crippen LogP contribution in [0.5, 0.6) is 0 Å². The molecule has 0 heteroatoms. The quantitative estimate of drug-likeness (QED) is 0.161. The van der Waals surface area contributed by atoms with Crippen LogP contribution in [0.1, 0.15) is 9.60 Å². The van der Waals surface area contributed by atoms with Crippen molar-refractivity contribution in [3.8, 4) is 55.6 Å². The Morgan fingerprint density at radius 2 is 0.846 bits per heavy atom. The molecule has 0 aromatic heterocycles. The van der Waals surface area contributed by atoms with E-state index in [1.165, 1.54) is 0 Å². The van der Waals surface area contributed by atoms with Crippen LogP contribution < -0.4 is 0 Å². The Labute approximate surface area is 313 Å². The number of hydrogen-bond donors (Lipinski definition) is 0. The van der Waals surface area contributed by atoms with Gasteiger partial charge in [-0.3, -0.25) is 0 Å². The lowest BCUT2D eigenvalue weighted by molar-refractivity contribution is 1.58. The fraction of sp³-hybridized carbons (Fsp3) is 0. The van der Waals surface area contributed by atoms with E-state index in [-0.39, 0.29) is 52.6 Å². The summed E-state index contributed by atoms with van der Waals surface area (Å²) in [5.41, 5.74) is 7.04. The third-order valence-electron chi connectivity index (χ3n) is 10.1. The van der Waals surface area contributed by atoms with Gasteiger partial charge in [-0.25, -0.2) is 0 Å². The van der Waals surface area contributed by atoms with Crippen molar-refractivity contribution in [1.29, 1.82) is 0 Å². The zero-order valence-electron chi connectivity index (χ0n) is 35.1. The second-order valence-electron chi connectivity index (χ2n) is 13.1. The minimum atomic E-state index is -0.392. The summed E-state index contributed by atoms with van der Waals surface area (Å²) >= 11 is 0. The predicted octanol–water partition coefficient (Wildman–Crippen LogP) is 14.6. The first-order valence-corrected chi connectivity index (χ1v) is 17.4. The number of benzene rings is 10. The Kier molecular flexibility index (Phi) is 5.69. The van der Waals surface area contributed by atoms with Crippen LogP contribution in [0.3, 0.4) is 0 Å². The molecular formula is C52H34. The first-order valence-electron chi connectivity index (χ1n) is 20.9. The predicted molar refractivity (Wildman–Crippen MR) is 224 cm³/mol. The summed E-state index contributed by atoms with van der Waals surface area (Å²) in [5, 5.41) is 4.87. The molecule has 242 valence electrons. The largest absolute Gasteiger partial charge is 0.0636 e. The van der Waals surface area contributed by atoms with Crippen molar-refractivity contribution in [2.75, 3.05) is 0 Å². The van der Waals surface area contributed by atoms with Gasteiger partial charge in [0, 0.05) is 0 Å². The summed E-state index contributed by atoms with van der Waals surface area (Å²) in [4.78, 5) is 0. The average molecular weight is 666 g/mol. The van der Waals surface area contributed by atoms with Gasteiger partial charge in [-0.05, 0) is 117 Å². The van der Waals surface area contributed by atoms with E-state index in [4.69, 9.17) is 2.74 Å². The fourth-order valence-corrected chi connectivity index (χ4v) is 7.55. The van der Waals surface area contributed by atoms with E-state index in [0.29, 0.717) is 38.6 Å². The number of fused-ring (bicyclic) bond motifs is 4. The summed E-state index contributed by atoms with van der Waals surface area (Å²) in [5.74, 6) is 0. The van der Waals surface area contributed by atoms with Crippen molar-refractivity contribution >= 4 is 43.1 Å². The molecular weight excluding hydrogens is 625 g/mol. The van der Waals surface area contributed by atoms with Gasteiger partial charge in [-0.2, -0.15) is 0 Å². The standard InChI is InChI=1S/C52H34/c1-2-12-35(13-3-1)37-24-26-38(27-25-37)41-18-10-19-44(33-41)51-47-21-8-9-22-48(47)52(46-23-11-17-39-15-6-7-20-45(39)46)50-34-43(30-31-49(50)51)42-29-28-36-14-4-5-16-40(36)32-42/h1-34H/i8D,9D,21D,22D,30D,31D,34D. The molecule has 0 saturated carbocycles. The lowest BCUT2D eigenvalue weighted by Gasteiger charge is -2.20. The summed E-state index contributed by atoms with van der Waals surface area (Å²) in [6.07, 6.45) is 0. The van der Waals surface area contributed by atoms with Crippen LogP contribution in [0.15, 0.2) is 206 Å². The highest BCUT2D eigenvalue weighted by molar-refractivity contribution is 6.24. The van der Waals surface area contributed by atoms with E-state index in [2.05, 4.69) is 36.4 Å². The van der Waals surface area contributed by atoms with Crippen LogP contribution in [-0.4, -0.2) is 0 Å². The van der Waals surface area contributed by atoms with Crippen molar-refractivity contribution in [2.45, 2.75) is 0 Å². The van der Waals surface area contributed by atoms with E-state index in [0.717, 1.165) is 43.8 Å². The zero-order valence-corrected chi connectivity index (χ0v) is 28.1. The van der Waals surface area contributed by atoms with E-state index < -0.39 is 6.04 Å². The van der Waals surface area contributed by atoms with Crippen LogP contribution in [0, 0.1) is 0 Å². The maximum absolute atomic E-state index is 10.1. The molecule has 0 aliphatic carbocycles. The molecule has 0 amide bonds. The Morgan fingerprint density at radius 1 is 0.288 bits per heavy atom. The van der Waals surface area contributed by atoms with Crippen molar-refractivity contribution < 1.29 is 9.60 Å². The molecule has 0 aliphatic rings. The van der Waals surface area contributed by atoms with Crippen LogP contribution in [0.25, 0.3) is 98.7 Å². The van der Waals surface area contributed by atoms with E-state index in [9.17, 15) is 6.85 Å². The topological polar surface area (TPSA) is 0 Å². The number of rotatable bonds is 5. The van der Waals surface area contributed by atoms with Gasteiger partial charge in [-0.1, -0.05) is 188 Å². The van der Waals surface area contributed by atoms with Gasteiger partial charge in [-0.15, -0.1) is 0 Å². The molecule has 0 aliphatic heterocycles. The molecule has 0 N–H and O–H groups in total. The van der Waals surface area contributed by atoms with Gasteiger partial charge in [0.25, 0.3) is 0 Å². The maximum Gasteiger partial charge on any atom is 0.0636 e. The van der Waals surface area contributed by atoms with E-state index >= 15 is 0 Å². The summed E-state index contributed by atoms with van der Waals surface area (Å²) in [6, 6.07) is 52.1. The molecule has 0 atom stereocenters. The van der Waals surface area contributed by atoms with E-state index in [1.54, 1.807) is 0 Å². The second-order valence-corrected chi connectivity index (χ2v) is 13.1. The monoisotopic (exact) mass is 665 g/mol. The Balaban J connectivity index is 1.36. The average Bonchev–Trinajstić information content (AvgIpc) is 3.28. The highest BCUT2D eigenvalue weighted by Crippen LogP contribution is 2.47. The maximum atomic E-state index is 10.1. The third kappa shape index (κ3) is 5.16. The summed E-state index contributed by atoms with van der Waals surface area (Å²) < 4.78 is 66.7. The van der Waals surface area contributed by atoms with Crippen LogP contribution in [0.2, 0.25) is 0 Å². The lowest BCUT2D eigenvalue weighted by Crippen LogP contribution is -1.93. The molecule has 0 spiro atoms. The van der Waals surface area contributed by atoms with Gasteiger partial charge in [0.2, 0.25) is 0 Å².